The highest BCUT2D eigenvalue weighted by atomic mass is 79.9. The Morgan fingerprint density at radius 1 is 1.10 bits per heavy atom. The van der Waals surface area contributed by atoms with Gasteiger partial charge < -0.3 is 14.8 Å². The first-order valence-corrected chi connectivity index (χ1v) is 7.64. The Labute approximate surface area is 131 Å². The largest absolute Gasteiger partial charge is 0.493 e. The molecule has 2 N–H and O–H groups in total. The molecule has 1 heterocycles. The van der Waals surface area contributed by atoms with Crippen LogP contribution in [0, 0.1) is 0 Å². The van der Waals surface area contributed by atoms with Crippen molar-refractivity contribution in [3.8, 4) is 5.75 Å². The number of halogens is 1. The van der Waals surface area contributed by atoms with Gasteiger partial charge in [0.15, 0.2) is 0 Å². The van der Waals surface area contributed by atoms with E-state index in [0.29, 0.717) is 6.61 Å². The van der Waals surface area contributed by atoms with Crippen molar-refractivity contribution in [1.82, 2.24) is 4.98 Å². The van der Waals surface area contributed by atoms with E-state index in [9.17, 15) is 5.11 Å². The molecule has 0 aliphatic carbocycles. The predicted molar refractivity (Wildman–Crippen MR) is 87.6 cm³/mol. The van der Waals surface area contributed by atoms with Crippen LogP contribution in [0.25, 0.3) is 10.9 Å². The molecule has 0 unspecified atom stereocenters. The summed E-state index contributed by atoms with van der Waals surface area (Å²) in [5.74, 6) is 0.816. The minimum absolute atomic E-state index is 0.00528. The molecule has 0 fully saturated rings. The molecule has 1 aromatic heterocycles. The first kappa shape index (κ1) is 14.2. The number of hydrogen-bond donors (Lipinski definition) is 2. The first-order valence-electron chi connectivity index (χ1n) is 6.85. The third kappa shape index (κ3) is 3.28. The molecule has 0 atom stereocenters. The molecule has 3 rings (SSSR count). The predicted octanol–water partition coefficient (Wildman–Crippen LogP) is 4.04. The van der Waals surface area contributed by atoms with Gasteiger partial charge in [-0.1, -0.05) is 30.3 Å². The molecule has 108 valence electrons. The van der Waals surface area contributed by atoms with Gasteiger partial charge in [0.2, 0.25) is 0 Å². The lowest BCUT2D eigenvalue weighted by atomic mass is 10.2. The van der Waals surface area contributed by atoms with Crippen LogP contribution in [-0.4, -0.2) is 16.7 Å². The van der Waals surface area contributed by atoms with E-state index in [4.69, 9.17) is 4.74 Å². The van der Waals surface area contributed by atoms with Crippen LogP contribution in [0.15, 0.2) is 53.0 Å². The number of aromatic amines is 1. The molecule has 2 aromatic carbocycles. The zero-order chi connectivity index (χ0) is 14.7. The smallest absolute Gasteiger partial charge is 0.122 e. The SMILES string of the molecule is OCc1cc2c(Br)cc(OCCc3ccccc3)cc2[nH]1. The van der Waals surface area contributed by atoms with Crippen LogP contribution >= 0.6 is 15.9 Å². The molecule has 0 saturated carbocycles. The highest BCUT2D eigenvalue weighted by molar-refractivity contribution is 9.10. The van der Waals surface area contributed by atoms with Gasteiger partial charge in [-0.3, -0.25) is 0 Å². The standard InChI is InChI=1S/C17H16BrNO2/c18-16-9-14(10-17-15(16)8-13(11-20)19-17)21-7-6-12-4-2-1-3-5-12/h1-5,8-10,19-20H,6-7,11H2. The van der Waals surface area contributed by atoms with Crippen molar-refractivity contribution in [3.63, 3.8) is 0 Å². The number of ether oxygens (including phenoxy) is 1. The second-order valence-corrected chi connectivity index (χ2v) is 5.76. The highest BCUT2D eigenvalue weighted by Crippen LogP contribution is 2.30. The quantitative estimate of drug-likeness (QED) is 0.732. The van der Waals surface area contributed by atoms with Crippen molar-refractivity contribution >= 4 is 26.8 Å². The average Bonchev–Trinajstić information content (AvgIpc) is 2.92. The monoisotopic (exact) mass is 345 g/mol. The van der Waals surface area contributed by atoms with Gasteiger partial charge in [0.25, 0.3) is 0 Å². The molecule has 0 spiro atoms. The molecule has 3 aromatic rings. The van der Waals surface area contributed by atoms with E-state index >= 15 is 0 Å². The minimum Gasteiger partial charge on any atom is -0.493 e. The Balaban J connectivity index is 1.72. The van der Waals surface area contributed by atoms with Crippen LogP contribution in [-0.2, 0) is 13.0 Å². The van der Waals surface area contributed by atoms with Crippen molar-refractivity contribution in [2.24, 2.45) is 0 Å². The second-order valence-electron chi connectivity index (χ2n) is 4.90. The van der Waals surface area contributed by atoms with Gasteiger partial charge in [0.05, 0.1) is 18.7 Å². The Morgan fingerprint density at radius 3 is 2.67 bits per heavy atom. The number of rotatable bonds is 5. The van der Waals surface area contributed by atoms with Crippen LogP contribution in [0.4, 0.5) is 0 Å². The van der Waals surface area contributed by atoms with Gasteiger partial charge in [-0.25, -0.2) is 0 Å². The lowest BCUT2D eigenvalue weighted by molar-refractivity contribution is 0.278. The maximum Gasteiger partial charge on any atom is 0.122 e. The number of nitrogens with one attached hydrogen (secondary N) is 1. The van der Waals surface area contributed by atoms with Crippen LogP contribution in [0.2, 0.25) is 0 Å². The number of hydrogen-bond acceptors (Lipinski definition) is 2. The molecular formula is C17H16BrNO2. The van der Waals surface area contributed by atoms with Crippen LogP contribution in [0.1, 0.15) is 11.3 Å². The molecule has 0 radical (unpaired) electrons. The van der Waals surface area contributed by atoms with E-state index in [-0.39, 0.29) is 6.61 Å². The van der Waals surface area contributed by atoms with E-state index in [2.05, 4.69) is 33.0 Å². The number of benzene rings is 2. The van der Waals surface area contributed by atoms with Gasteiger partial charge >= 0.3 is 0 Å². The Kier molecular flexibility index (Phi) is 4.27. The molecule has 0 saturated heterocycles. The fourth-order valence-electron chi connectivity index (χ4n) is 2.33. The Bertz CT molecular complexity index is 737. The normalized spacial score (nSPS) is 11.0. The fourth-order valence-corrected chi connectivity index (χ4v) is 2.88. The van der Waals surface area contributed by atoms with Crippen molar-refractivity contribution in [2.45, 2.75) is 13.0 Å². The van der Waals surface area contributed by atoms with Crippen LogP contribution in [0.3, 0.4) is 0 Å². The van der Waals surface area contributed by atoms with Gasteiger partial charge in [-0.2, -0.15) is 0 Å². The lowest BCUT2D eigenvalue weighted by Crippen LogP contribution is -2.01. The van der Waals surface area contributed by atoms with E-state index in [1.165, 1.54) is 5.56 Å². The summed E-state index contributed by atoms with van der Waals surface area (Å²) in [6, 6.07) is 16.1. The Hall–Kier alpha value is -1.78. The summed E-state index contributed by atoms with van der Waals surface area (Å²) in [5, 5.41) is 10.2. The summed E-state index contributed by atoms with van der Waals surface area (Å²) in [4.78, 5) is 3.17. The summed E-state index contributed by atoms with van der Waals surface area (Å²) < 4.78 is 6.79. The number of aliphatic hydroxyl groups excluding tert-OH is 1. The van der Waals surface area contributed by atoms with Gasteiger partial charge in [0.1, 0.15) is 5.75 Å². The fraction of sp³-hybridized carbons (Fsp3) is 0.176. The van der Waals surface area contributed by atoms with Crippen LogP contribution < -0.4 is 4.74 Å². The maximum atomic E-state index is 9.19. The molecular weight excluding hydrogens is 330 g/mol. The van der Waals surface area contributed by atoms with E-state index in [1.807, 2.05) is 36.4 Å². The van der Waals surface area contributed by atoms with Crippen molar-refractivity contribution in [2.75, 3.05) is 6.61 Å². The molecule has 21 heavy (non-hydrogen) atoms. The zero-order valence-corrected chi connectivity index (χ0v) is 13.1. The summed E-state index contributed by atoms with van der Waals surface area (Å²) in [7, 11) is 0. The number of aromatic nitrogens is 1. The van der Waals surface area contributed by atoms with E-state index in [0.717, 1.165) is 33.2 Å². The zero-order valence-electron chi connectivity index (χ0n) is 11.5. The number of aliphatic hydroxyl groups is 1. The number of fused-ring (bicyclic) bond motifs is 1. The first-order chi connectivity index (χ1) is 10.3. The summed E-state index contributed by atoms with van der Waals surface area (Å²) in [6.45, 7) is 0.640. The maximum absolute atomic E-state index is 9.19. The highest BCUT2D eigenvalue weighted by Gasteiger charge is 2.07. The third-order valence-electron chi connectivity index (χ3n) is 3.39. The van der Waals surface area contributed by atoms with Crippen molar-refractivity contribution in [3.05, 3.63) is 64.3 Å². The van der Waals surface area contributed by atoms with Gasteiger partial charge in [-0.05, 0) is 33.6 Å². The molecule has 3 nitrogen and oxygen atoms in total. The summed E-state index contributed by atoms with van der Waals surface area (Å²) in [5.41, 5.74) is 3.02. The minimum atomic E-state index is 0.00528. The van der Waals surface area contributed by atoms with Crippen LogP contribution in [0.5, 0.6) is 5.75 Å². The molecule has 0 amide bonds. The second kappa shape index (κ2) is 6.33. The van der Waals surface area contributed by atoms with Crippen molar-refractivity contribution < 1.29 is 9.84 Å². The van der Waals surface area contributed by atoms with E-state index in [1.54, 1.807) is 0 Å². The van der Waals surface area contributed by atoms with E-state index < -0.39 is 0 Å². The summed E-state index contributed by atoms with van der Waals surface area (Å²) in [6.07, 6.45) is 0.878. The van der Waals surface area contributed by atoms with Gasteiger partial charge in [0, 0.05) is 28.0 Å². The molecule has 4 heteroatoms. The molecule has 0 aliphatic heterocycles. The van der Waals surface area contributed by atoms with Crippen molar-refractivity contribution in [1.29, 1.82) is 0 Å². The topological polar surface area (TPSA) is 45.2 Å². The summed E-state index contributed by atoms with van der Waals surface area (Å²) >= 11 is 3.55. The number of H-pyrrole nitrogens is 1. The van der Waals surface area contributed by atoms with Gasteiger partial charge in [-0.15, -0.1) is 0 Å². The lowest BCUT2D eigenvalue weighted by Gasteiger charge is -2.07. The third-order valence-corrected chi connectivity index (χ3v) is 4.05. The Morgan fingerprint density at radius 2 is 1.90 bits per heavy atom. The molecule has 0 aliphatic rings. The molecule has 0 bridgehead atoms. The average molecular weight is 346 g/mol.